The fraction of sp³-hybridized carbons (Fsp3) is 0.538. The minimum Gasteiger partial charge on any atom is -0.465 e. The first kappa shape index (κ1) is 14.3. The summed E-state index contributed by atoms with van der Waals surface area (Å²) in [5, 5.41) is 0. The van der Waals surface area contributed by atoms with E-state index in [0.29, 0.717) is 17.1 Å². The van der Waals surface area contributed by atoms with Crippen LogP contribution < -0.4 is 10.6 Å². The van der Waals surface area contributed by atoms with Gasteiger partial charge in [-0.2, -0.15) is 0 Å². The second kappa shape index (κ2) is 6.23. The Morgan fingerprint density at radius 1 is 1.56 bits per heavy atom. The molecule has 100 valence electrons. The molecule has 0 fully saturated rings. The number of rotatable bonds is 5. The average Bonchev–Trinajstić information content (AvgIpc) is 2.35. The Balaban J connectivity index is 3.19. The maximum atomic E-state index is 11.6. The zero-order valence-electron chi connectivity index (χ0n) is 11.4. The van der Waals surface area contributed by atoms with Crippen LogP contribution >= 0.6 is 0 Å². The van der Waals surface area contributed by atoms with Crippen LogP contribution in [0.15, 0.2) is 12.3 Å². The van der Waals surface area contributed by atoms with Crippen molar-refractivity contribution in [2.75, 3.05) is 24.3 Å². The number of anilines is 2. The van der Waals surface area contributed by atoms with Gasteiger partial charge >= 0.3 is 5.97 Å². The summed E-state index contributed by atoms with van der Waals surface area (Å²) in [7, 11) is 1.34. The summed E-state index contributed by atoms with van der Waals surface area (Å²) >= 11 is 0. The van der Waals surface area contributed by atoms with Crippen LogP contribution in [0.25, 0.3) is 0 Å². The van der Waals surface area contributed by atoms with Crippen molar-refractivity contribution in [3.05, 3.63) is 17.8 Å². The summed E-state index contributed by atoms with van der Waals surface area (Å²) in [4.78, 5) is 18.0. The van der Waals surface area contributed by atoms with Gasteiger partial charge in [0.15, 0.2) is 5.82 Å². The first-order valence-corrected chi connectivity index (χ1v) is 6.12. The van der Waals surface area contributed by atoms with Crippen molar-refractivity contribution >= 4 is 17.5 Å². The maximum absolute atomic E-state index is 11.6. The molecule has 2 N–H and O–H groups in total. The summed E-state index contributed by atoms with van der Waals surface area (Å²) in [6.07, 6.45) is 2.57. The average molecular weight is 251 g/mol. The van der Waals surface area contributed by atoms with E-state index < -0.39 is 5.97 Å². The molecule has 0 spiro atoms. The van der Waals surface area contributed by atoms with Crippen LogP contribution in [-0.4, -0.2) is 30.6 Å². The summed E-state index contributed by atoms with van der Waals surface area (Å²) < 4.78 is 4.71. The van der Waals surface area contributed by atoms with Crippen molar-refractivity contribution in [1.29, 1.82) is 0 Å². The molecule has 0 atom stereocenters. The lowest BCUT2D eigenvalue weighted by Gasteiger charge is -2.28. The molecule has 0 amide bonds. The number of nitrogens with two attached hydrogens (primary N) is 1. The number of carbonyl (C=O) groups is 1. The van der Waals surface area contributed by atoms with E-state index >= 15 is 0 Å². The van der Waals surface area contributed by atoms with Crippen molar-refractivity contribution in [1.82, 2.24) is 4.98 Å². The Kier molecular flexibility index (Phi) is 4.95. The molecule has 0 saturated carbocycles. The number of hydrogen-bond acceptors (Lipinski definition) is 5. The molecular formula is C13H21N3O2. The highest BCUT2D eigenvalue weighted by atomic mass is 16.5. The number of ether oxygens (including phenoxy) is 1. The molecule has 0 aromatic carbocycles. The first-order chi connectivity index (χ1) is 8.52. The fourth-order valence-corrected chi connectivity index (χ4v) is 1.83. The molecule has 0 bridgehead atoms. The molecule has 1 aromatic rings. The molecule has 1 rings (SSSR count). The zero-order chi connectivity index (χ0) is 13.7. The lowest BCUT2D eigenvalue weighted by atomic mass is 10.2. The van der Waals surface area contributed by atoms with E-state index in [4.69, 9.17) is 10.5 Å². The van der Waals surface area contributed by atoms with Crippen LogP contribution in [0.4, 0.5) is 11.5 Å². The molecule has 0 radical (unpaired) electrons. The predicted octanol–water partition coefficient (Wildman–Crippen LogP) is 2.08. The third kappa shape index (κ3) is 2.91. The Bertz CT molecular complexity index is 419. The number of esters is 1. The second-order valence-corrected chi connectivity index (χ2v) is 4.37. The van der Waals surface area contributed by atoms with Gasteiger partial charge in [0.25, 0.3) is 0 Å². The number of methoxy groups -OCH3 is 1. The minimum absolute atomic E-state index is 0.271. The maximum Gasteiger partial charge on any atom is 0.340 e. The molecule has 0 aliphatic heterocycles. The summed E-state index contributed by atoms with van der Waals surface area (Å²) in [6, 6.07) is 1.85. The number of carbonyl (C=O) groups excluding carboxylic acids is 1. The van der Waals surface area contributed by atoms with E-state index in [9.17, 15) is 4.79 Å². The van der Waals surface area contributed by atoms with Gasteiger partial charge in [-0.05, 0) is 26.3 Å². The van der Waals surface area contributed by atoms with E-state index in [1.165, 1.54) is 7.11 Å². The SMILES string of the molecule is CCCN(c1nccc(C(=O)OC)c1N)C(C)C. The van der Waals surface area contributed by atoms with Gasteiger partial charge < -0.3 is 15.4 Å². The number of pyridine rings is 1. The first-order valence-electron chi connectivity index (χ1n) is 6.12. The normalized spacial score (nSPS) is 10.5. The molecule has 5 heteroatoms. The van der Waals surface area contributed by atoms with Gasteiger partial charge in [-0.3, -0.25) is 0 Å². The van der Waals surface area contributed by atoms with Gasteiger partial charge in [0.2, 0.25) is 0 Å². The molecule has 0 aliphatic rings. The number of hydrogen-bond donors (Lipinski definition) is 1. The van der Waals surface area contributed by atoms with Crippen LogP contribution in [0, 0.1) is 0 Å². The summed E-state index contributed by atoms with van der Waals surface area (Å²) in [6.45, 7) is 7.08. The number of nitrogen functional groups attached to an aromatic ring is 1. The van der Waals surface area contributed by atoms with Gasteiger partial charge in [0, 0.05) is 18.8 Å². The molecule has 0 saturated heterocycles. The third-order valence-corrected chi connectivity index (χ3v) is 2.73. The number of aromatic nitrogens is 1. The third-order valence-electron chi connectivity index (χ3n) is 2.73. The monoisotopic (exact) mass is 251 g/mol. The Labute approximate surface area is 108 Å². The Morgan fingerprint density at radius 2 is 2.22 bits per heavy atom. The highest BCUT2D eigenvalue weighted by molar-refractivity contribution is 5.97. The lowest BCUT2D eigenvalue weighted by Crippen LogP contribution is -2.33. The van der Waals surface area contributed by atoms with Gasteiger partial charge in [0.05, 0.1) is 18.4 Å². The molecule has 5 nitrogen and oxygen atoms in total. The summed E-state index contributed by atoms with van der Waals surface area (Å²) in [5.74, 6) is 0.214. The lowest BCUT2D eigenvalue weighted by molar-refractivity contribution is 0.0602. The highest BCUT2D eigenvalue weighted by Crippen LogP contribution is 2.26. The van der Waals surface area contributed by atoms with Crippen LogP contribution in [-0.2, 0) is 4.74 Å². The Morgan fingerprint density at radius 3 is 2.72 bits per heavy atom. The van der Waals surface area contributed by atoms with Crippen LogP contribution in [0.5, 0.6) is 0 Å². The van der Waals surface area contributed by atoms with Crippen LogP contribution in [0.1, 0.15) is 37.6 Å². The zero-order valence-corrected chi connectivity index (χ0v) is 11.4. The van der Waals surface area contributed by atoms with E-state index in [1.807, 2.05) is 0 Å². The molecule has 0 aliphatic carbocycles. The smallest absolute Gasteiger partial charge is 0.340 e. The predicted molar refractivity (Wildman–Crippen MR) is 72.8 cm³/mol. The largest absolute Gasteiger partial charge is 0.465 e. The van der Waals surface area contributed by atoms with Gasteiger partial charge in [-0.15, -0.1) is 0 Å². The van der Waals surface area contributed by atoms with E-state index in [2.05, 4.69) is 30.7 Å². The van der Waals surface area contributed by atoms with Crippen molar-refractivity contribution in [2.24, 2.45) is 0 Å². The van der Waals surface area contributed by atoms with E-state index in [-0.39, 0.29) is 6.04 Å². The van der Waals surface area contributed by atoms with Crippen molar-refractivity contribution in [3.8, 4) is 0 Å². The van der Waals surface area contributed by atoms with Crippen molar-refractivity contribution in [2.45, 2.75) is 33.2 Å². The quantitative estimate of drug-likeness (QED) is 0.811. The van der Waals surface area contributed by atoms with Crippen molar-refractivity contribution < 1.29 is 9.53 Å². The molecule has 18 heavy (non-hydrogen) atoms. The van der Waals surface area contributed by atoms with Gasteiger partial charge in [-0.1, -0.05) is 6.92 Å². The van der Waals surface area contributed by atoms with Gasteiger partial charge in [0.1, 0.15) is 0 Å². The molecule has 1 aromatic heterocycles. The fourth-order valence-electron chi connectivity index (χ4n) is 1.83. The highest BCUT2D eigenvalue weighted by Gasteiger charge is 2.19. The standard InChI is InChI=1S/C13H21N3O2/c1-5-8-16(9(2)3)12-11(14)10(6-7-15-12)13(17)18-4/h6-7,9H,5,8,14H2,1-4H3. The van der Waals surface area contributed by atoms with E-state index in [1.54, 1.807) is 12.3 Å². The molecule has 0 unspecified atom stereocenters. The summed E-state index contributed by atoms with van der Waals surface area (Å²) in [5.41, 5.74) is 6.77. The number of nitrogens with zero attached hydrogens (tertiary/aromatic N) is 2. The Hall–Kier alpha value is -1.78. The van der Waals surface area contributed by atoms with Crippen molar-refractivity contribution in [3.63, 3.8) is 0 Å². The molecule has 1 heterocycles. The van der Waals surface area contributed by atoms with E-state index in [0.717, 1.165) is 13.0 Å². The minimum atomic E-state index is -0.434. The topological polar surface area (TPSA) is 68.5 Å². The van der Waals surface area contributed by atoms with Crippen LogP contribution in [0.2, 0.25) is 0 Å². The van der Waals surface area contributed by atoms with Gasteiger partial charge in [-0.25, -0.2) is 9.78 Å². The van der Waals surface area contributed by atoms with Crippen LogP contribution in [0.3, 0.4) is 0 Å². The molecular weight excluding hydrogens is 230 g/mol. The second-order valence-electron chi connectivity index (χ2n) is 4.37.